The zero-order chi connectivity index (χ0) is 18.5. The van der Waals surface area contributed by atoms with Gasteiger partial charge in [-0.1, -0.05) is 51.2 Å². The molecule has 0 aromatic rings. The lowest BCUT2D eigenvalue weighted by Crippen LogP contribution is -2.60. The summed E-state index contributed by atoms with van der Waals surface area (Å²) in [5.41, 5.74) is 6.04. The molecule has 0 aliphatic carbocycles. The van der Waals surface area contributed by atoms with Crippen LogP contribution in [0.2, 0.25) is 0 Å². The first-order valence-electron chi connectivity index (χ1n) is 9.75. The number of hydrogen-bond donors (Lipinski definition) is 1. The molecule has 0 aromatic heterocycles. The molecular weight excluding hydrogens is 314 g/mol. The first kappa shape index (κ1) is 21.6. The molecule has 0 fully saturated rings. The summed E-state index contributed by atoms with van der Waals surface area (Å²) in [4.78, 5) is 15.4. The second-order valence-electron chi connectivity index (χ2n) is 6.96. The molecule has 2 unspecified atom stereocenters. The third-order valence-electron chi connectivity index (χ3n) is 4.82. The quantitative estimate of drug-likeness (QED) is 0.297. The number of carboxylic acid groups (broad SMARTS) is 1. The number of quaternary nitrogens is 1. The molecule has 0 saturated heterocycles. The van der Waals surface area contributed by atoms with E-state index in [-0.39, 0.29) is 17.2 Å². The van der Waals surface area contributed by atoms with Gasteiger partial charge in [0, 0.05) is 13.3 Å². The summed E-state index contributed by atoms with van der Waals surface area (Å²) >= 11 is 0. The van der Waals surface area contributed by atoms with Gasteiger partial charge in [-0.2, -0.15) is 0 Å². The van der Waals surface area contributed by atoms with E-state index in [2.05, 4.69) is 24.1 Å². The molecule has 5 nitrogen and oxygen atoms in total. The number of hydrogen-bond acceptors (Lipinski definition) is 4. The van der Waals surface area contributed by atoms with Crippen molar-refractivity contribution in [1.82, 2.24) is 0 Å². The predicted molar refractivity (Wildman–Crippen MR) is 101 cm³/mol. The first-order valence-corrected chi connectivity index (χ1v) is 9.75. The van der Waals surface area contributed by atoms with Crippen molar-refractivity contribution < 1.29 is 14.4 Å². The minimum atomic E-state index is -1.10. The van der Waals surface area contributed by atoms with E-state index in [1.54, 1.807) is 12.4 Å². The lowest BCUT2D eigenvalue weighted by Gasteiger charge is -2.36. The maximum absolute atomic E-state index is 11.1. The van der Waals surface area contributed by atoms with Gasteiger partial charge < -0.3 is 9.90 Å². The number of aliphatic carboxylic acids is 1. The maximum Gasteiger partial charge on any atom is 0.209 e. The highest BCUT2D eigenvalue weighted by Crippen LogP contribution is 2.22. The Morgan fingerprint density at radius 3 is 2.48 bits per heavy atom. The zero-order valence-corrected chi connectivity index (χ0v) is 16.0. The number of nitrogens with zero attached hydrogens (tertiary/aromatic N) is 2. The molecule has 0 spiro atoms. The highest BCUT2D eigenvalue weighted by Gasteiger charge is 2.38. The second-order valence-corrected chi connectivity index (χ2v) is 6.96. The molecule has 1 aliphatic heterocycles. The van der Waals surface area contributed by atoms with Crippen LogP contribution < -0.4 is 10.8 Å². The molecule has 0 amide bonds. The normalized spacial score (nSPS) is 21.0. The van der Waals surface area contributed by atoms with Crippen molar-refractivity contribution >= 4 is 11.8 Å². The van der Waals surface area contributed by atoms with E-state index in [1.165, 1.54) is 38.5 Å². The highest BCUT2D eigenvalue weighted by molar-refractivity contribution is 5.81. The summed E-state index contributed by atoms with van der Waals surface area (Å²) in [5, 5.41) is 11.1. The summed E-state index contributed by atoms with van der Waals surface area (Å²) < 4.78 is 0.0871. The zero-order valence-electron chi connectivity index (χ0n) is 16.0. The summed E-state index contributed by atoms with van der Waals surface area (Å²) in [6.45, 7) is 3.90. The number of aliphatic imine (C=N–C) groups is 1. The van der Waals surface area contributed by atoms with Gasteiger partial charge in [-0.25, -0.2) is 9.48 Å². The number of amidine groups is 1. The van der Waals surface area contributed by atoms with E-state index in [0.717, 1.165) is 31.5 Å². The molecule has 5 heteroatoms. The second kappa shape index (κ2) is 12.0. The topological polar surface area (TPSA) is 78.5 Å². The molecule has 2 atom stereocenters. The van der Waals surface area contributed by atoms with Crippen molar-refractivity contribution in [1.29, 1.82) is 0 Å². The van der Waals surface area contributed by atoms with Gasteiger partial charge in [-0.3, -0.25) is 5.73 Å². The van der Waals surface area contributed by atoms with Gasteiger partial charge in [0.25, 0.3) is 0 Å². The molecule has 1 heterocycles. The average Bonchev–Trinajstić information content (AvgIpc) is 2.96. The van der Waals surface area contributed by atoms with E-state index >= 15 is 0 Å². The smallest absolute Gasteiger partial charge is 0.209 e. The van der Waals surface area contributed by atoms with Crippen LogP contribution >= 0.6 is 0 Å². The molecule has 0 saturated carbocycles. The number of carboxylic acids is 1. The van der Waals surface area contributed by atoms with E-state index in [0.29, 0.717) is 0 Å². The van der Waals surface area contributed by atoms with Crippen LogP contribution in [-0.2, 0) is 4.79 Å². The van der Waals surface area contributed by atoms with Crippen molar-refractivity contribution in [2.75, 3.05) is 6.54 Å². The summed E-state index contributed by atoms with van der Waals surface area (Å²) in [5.74, 6) is -0.279. The van der Waals surface area contributed by atoms with Crippen molar-refractivity contribution in [3.05, 3.63) is 24.6 Å². The Balaban J connectivity index is 2.24. The molecule has 0 radical (unpaired) electrons. The monoisotopic (exact) mass is 349 g/mol. The number of carbonyl (C=O) groups is 1. The number of allylic oxidation sites excluding steroid dienone is 2. The van der Waals surface area contributed by atoms with Crippen molar-refractivity contribution in [2.24, 2.45) is 10.7 Å². The molecule has 0 bridgehead atoms. The Labute approximate surface area is 152 Å². The fraction of sp³-hybridized carbons (Fsp3) is 0.700. The highest BCUT2D eigenvalue weighted by atomic mass is 16.4. The SMILES string of the molecule is CCCCCCCC/C=C/CCCC1=NC=C[N+]1(CC(=O)[O-])C(C)N. The number of nitrogens with two attached hydrogens (primary N) is 1. The van der Waals surface area contributed by atoms with Gasteiger partial charge in [-0.05, 0) is 25.7 Å². The minimum Gasteiger partial charge on any atom is -0.544 e. The van der Waals surface area contributed by atoms with E-state index in [4.69, 9.17) is 5.73 Å². The van der Waals surface area contributed by atoms with Gasteiger partial charge in [0.2, 0.25) is 5.84 Å². The van der Waals surface area contributed by atoms with Crippen LogP contribution in [0.15, 0.2) is 29.5 Å². The van der Waals surface area contributed by atoms with Gasteiger partial charge in [0.05, 0.1) is 12.2 Å². The lowest BCUT2D eigenvalue weighted by atomic mass is 10.1. The molecule has 142 valence electrons. The number of unbranched alkanes of at least 4 members (excludes halogenated alkanes) is 7. The van der Waals surface area contributed by atoms with Crippen LogP contribution in [0.3, 0.4) is 0 Å². The Kier molecular flexibility index (Phi) is 10.3. The van der Waals surface area contributed by atoms with Crippen molar-refractivity contribution in [3.63, 3.8) is 0 Å². The van der Waals surface area contributed by atoms with Crippen LogP contribution in [0.5, 0.6) is 0 Å². The summed E-state index contributed by atoms with van der Waals surface area (Å²) in [7, 11) is 0. The maximum atomic E-state index is 11.1. The fourth-order valence-electron chi connectivity index (χ4n) is 3.23. The van der Waals surface area contributed by atoms with Gasteiger partial charge in [0.1, 0.15) is 18.9 Å². The van der Waals surface area contributed by atoms with Gasteiger partial charge in [-0.15, -0.1) is 0 Å². The van der Waals surface area contributed by atoms with Crippen LogP contribution in [0.4, 0.5) is 0 Å². The van der Waals surface area contributed by atoms with Crippen LogP contribution in [0.25, 0.3) is 0 Å². The molecule has 25 heavy (non-hydrogen) atoms. The Morgan fingerprint density at radius 2 is 1.84 bits per heavy atom. The van der Waals surface area contributed by atoms with Crippen molar-refractivity contribution in [3.8, 4) is 0 Å². The standard InChI is InChI=1S/C20H35N3O2/c1-3-4-5-6-7-8-9-10-11-12-13-14-19-22-15-16-23(19,18(2)21)17-20(24)25/h10-11,15-16,18H,3-9,12-14,17,21H2,1-2H3/b11-10+. The molecule has 0 aromatic carbocycles. The third kappa shape index (κ3) is 7.53. The Hall–Kier alpha value is -1.46. The van der Waals surface area contributed by atoms with Crippen molar-refractivity contribution in [2.45, 2.75) is 84.2 Å². The average molecular weight is 350 g/mol. The molecule has 1 aliphatic rings. The number of carbonyl (C=O) groups excluding carboxylic acids is 1. The molecule has 2 N–H and O–H groups in total. The van der Waals surface area contributed by atoms with E-state index in [1.807, 2.05) is 6.92 Å². The minimum absolute atomic E-state index is 0.0871. The van der Waals surface area contributed by atoms with Crippen LogP contribution in [0.1, 0.15) is 78.1 Å². The predicted octanol–water partition coefficient (Wildman–Crippen LogP) is 3.22. The number of rotatable bonds is 14. The summed E-state index contributed by atoms with van der Waals surface area (Å²) in [6, 6.07) is 0. The Morgan fingerprint density at radius 1 is 1.20 bits per heavy atom. The van der Waals surface area contributed by atoms with E-state index in [9.17, 15) is 9.90 Å². The van der Waals surface area contributed by atoms with Gasteiger partial charge >= 0.3 is 0 Å². The third-order valence-corrected chi connectivity index (χ3v) is 4.82. The lowest BCUT2D eigenvalue weighted by molar-refractivity contribution is -0.808. The fourth-order valence-corrected chi connectivity index (χ4v) is 3.23. The molecule has 1 rings (SSSR count). The largest absolute Gasteiger partial charge is 0.544 e. The van der Waals surface area contributed by atoms with Gasteiger partial charge in [0.15, 0.2) is 0 Å². The molecular formula is C20H35N3O2. The summed E-state index contributed by atoms with van der Waals surface area (Å²) in [6.07, 6.45) is 19.4. The van der Waals surface area contributed by atoms with Crippen LogP contribution in [-0.4, -0.2) is 29.0 Å². The van der Waals surface area contributed by atoms with E-state index < -0.39 is 5.97 Å². The first-order chi connectivity index (χ1) is 12.0. The van der Waals surface area contributed by atoms with Crippen LogP contribution in [0, 0.1) is 0 Å². The Bertz CT molecular complexity index is 483.